The van der Waals surface area contributed by atoms with E-state index in [-0.39, 0.29) is 5.54 Å². The Morgan fingerprint density at radius 1 is 1.12 bits per heavy atom. The molecule has 4 heteroatoms. The monoisotopic (exact) mass is 226 g/mol. The van der Waals surface area contributed by atoms with Crippen molar-refractivity contribution in [1.82, 2.24) is 4.90 Å². The van der Waals surface area contributed by atoms with Crippen LogP contribution in [0.15, 0.2) is 0 Å². The van der Waals surface area contributed by atoms with Crippen LogP contribution in [0.25, 0.3) is 0 Å². The van der Waals surface area contributed by atoms with Crippen LogP contribution in [-0.4, -0.2) is 55.5 Å². The van der Waals surface area contributed by atoms with E-state index in [1.807, 2.05) is 0 Å². The third-order valence-corrected chi connectivity index (χ3v) is 4.52. The summed E-state index contributed by atoms with van der Waals surface area (Å²) in [5, 5.41) is 0. The van der Waals surface area contributed by atoms with Gasteiger partial charge in [0.05, 0.1) is 12.2 Å². The highest BCUT2D eigenvalue weighted by atomic mass is 16.5. The summed E-state index contributed by atoms with van der Waals surface area (Å²) in [6.07, 6.45) is 5.57. The molecule has 3 fully saturated rings. The van der Waals surface area contributed by atoms with Crippen molar-refractivity contribution in [1.29, 1.82) is 0 Å². The molecule has 3 saturated heterocycles. The number of hydrogen-bond donors (Lipinski definition) is 1. The highest BCUT2D eigenvalue weighted by molar-refractivity contribution is 4.98. The van der Waals surface area contributed by atoms with E-state index in [4.69, 9.17) is 15.2 Å². The summed E-state index contributed by atoms with van der Waals surface area (Å²) in [5.41, 5.74) is 6.24. The van der Waals surface area contributed by atoms with Crippen LogP contribution in [-0.2, 0) is 9.47 Å². The largest absolute Gasteiger partial charge is 0.381 e. The lowest BCUT2D eigenvalue weighted by Crippen LogP contribution is -2.61. The molecule has 2 bridgehead atoms. The van der Waals surface area contributed by atoms with Gasteiger partial charge in [-0.2, -0.15) is 0 Å². The van der Waals surface area contributed by atoms with Gasteiger partial charge in [-0.15, -0.1) is 0 Å². The maximum atomic E-state index is 6.04. The van der Waals surface area contributed by atoms with Gasteiger partial charge in [-0.3, -0.25) is 4.90 Å². The number of likely N-dealkylation sites (tertiary alicyclic amines) is 1. The molecule has 2 N–H and O–H groups in total. The Morgan fingerprint density at radius 2 is 1.75 bits per heavy atom. The van der Waals surface area contributed by atoms with Gasteiger partial charge in [0.25, 0.3) is 0 Å². The second kappa shape index (κ2) is 4.26. The fourth-order valence-corrected chi connectivity index (χ4v) is 3.40. The van der Waals surface area contributed by atoms with Gasteiger partial charge in [0.2, 0.25) is 0 Å². The molecule has 3 aliphatic heterocycles. The fourth-order valence-electron chi connectivity index (χ4n) is 3.40. The number of rotatable bonds is 2. The number of nitrogens with two attached hydrogens (primary N) is 1. The number of ether oxygens (including phenoxy) is 2. The molecule has 3 heterocycles. The van der Waals surface area contributed by atoms with Crippen LogP contribution in [0.2, 0.25) is 0 Å². The van der Waals surface area contributed by atoms with E-state index >= 15 is 0 Å². The van der Waals surface area contributed by atoms with E-state index in [0.29, 0.717) is 12.2 Å². The molecule has 0 spiro atoms. The molecule has 3 rings (SSSR count). The predicted octanol–water partition coefficient (Wildman–Crippen LogP) is 0.357. The molecule has 3 aliphatic rings. The summed E-state index contributed by atoms with van der Waals surface area (Å²) in [5.74, 6) is 0. The SMILES string of the molecule is NCC1(N2CC3CCC(C2)O3)CCOCC1. The van der Waals surface area contributed by atoms with Gasteiger partial charge >= 0.3 is 0 Å². The minimum absolute atomic E-state index is 0.197. The zero-order valence-corrected chi connectivity index (χ0v) is 9.86. The van der Waals surface area contributed by atoms with E-state index in [1.54, 1.807) is 0 Å². The van der Waals surface area contributed by atoms with Crippen molar-refractivity contribution >= 4 is 0 Å². The van der Waals surface area contributed by atoms with Crippen LogP contribution < -0.4 is 5.73 Å². The van der Waals surface area contributed by atoms with Crippen molar-refractivity contribution in [2.45, 2.75) is 43.4 Å². The molecule has 2 unspecified atom stereocenters. The lowest BCUT2D eigenvalue weighted by Gasteiger charge is -2.48. The third kappa shape index (κ3) is 1.78. The van der Waals surface area contributed by atoms with Gasteiger partial charge in [0, 0.05) is 38.4 Å². The van der Waals surface area contributed by atoms with Gasteiger partial charge in [0.15, 0.2) is 0 Å². The van der Waals surface area contributed by atoms with E-state index in [9.17, 15) is 0 Å². The van der Waals surface area contributed by atoms with Crippen LogP contribution in [0.4, 0.5) is 0 Å². The number of hydrogen-bond acceptors (Lipinski definition) is 4. The smallest absolute Gasteiger partial charge is 0.0707 e. The van der Waals surface area contributed by atoms with Crippen molar-refractivity contribution in [2.24, 2.45) is 5.73 Å². The zero-order chi connectivity index (χ0) is 11.0. The molecule has 4 nitrogen and oxygen atoms in total. The summed E-state index contributed by atoms with van der Waals surface area (Å²) in [6.45, 7) is 4.64. The van der Waals surface area contributed by atoms with E-state index in [1.165, 1.54) is 12.8 Å². The summed E-state index contributed by atoms with van der Waals surface area (Å²) in [6, 6.07) is 0. The second-order valence-corrected chi connectivity index (χ2v) is 5.40. The van der Waals surface area contributed by atoms with Gasteiger partial charge < -0.3 is 15.2 Å². The molecule has 92 valence electrons. The average Bonchev–Trinajstić information content (AvgIpc) is 2.69. The van der Waals surface area contributed by atoms with Crippen LogP contribution in [0, 0.1) is 0 Å². The molecule has 0 aromatic rings. The first-order valence-electron chi connectivity index (χ1n) is 6.51. The Bertz CT molecular complexity index is 241. The third-order valence-electron chi connectivity index (χ3n) is 4.52. The van der Waals surface area contributed by atoms with Crippen LogP contribution in [0.1, 0.15) is 25.7 Å². The normalized spacial score (nSPS) is 38.8. The first-order chi connectivity index (χ1) is 7.82. The van der Waals surface area contributed by atoms with Crippen molar-refractivity contribution in [2.75, 3.05) is 32.8 Å². The lowest BCUT2D eigenvalue weighted by molar-refractivity contribution is -0.103. The maximum absolute atomic E-state index is 6.04. The first kappa shape index (κ1) is 11.0. The van der Waals surface area contributed by atoms with Gasteiger partial charge in [-0.25, -0.2) is 0 Å². The Kier molecular flexibility index (Phi) is 2.92. The summed E-state index contributed by atoms with van der Waals surface area (Å²) in [4.78, 5) is 2.60. The molecule has 0 aromatic carbocycles. The molecule has 0 saturated carbocycles. The topological polar surface area (TPSA) is 47.7 Å². The fraction of sp³-hybridized carbons (Fsp3) is 1.00. The maximum Gasteiger partial charge on any atom is 0.0707 e. The Labute approximate surface area is 97.1 Å². The van der Waals surface area contributed by atoms with E-state index in [2.05, 4.69) is 4.90 Å². The minimum atomic E-state index is 0.197. The number of nitrogens with zero attached hydrogens (tertiary/aromatic N) is 1. The quantitative estimate of drug-likeness (QED) is 0.738. The number of fused-ring (bicyclic) bond motifs is 2. The Balaban J connectivity index is 1.74. The first-order valence-corrected chi connectivity index (χ1v) is 6.51. The van der Waals surface area contributed by atoms with Gasteiger partial charge in [-0.1, -0.05) is 0 Å². The molecule has 0 amide bonds. The summed E-state index contributed by atoms with van der Waals surface area (Å²) < 4.78 is 11.4. The van der Waals surface area contributed by atoms with E-state index in [0.717, 1.165) is 45.7 Å². The number of morpholine rings is 1. The molecular weight excluding hydrogens is 204 g/mol. The molecule has 0 radical (unpaired) electrons. The van der Waals surface area contributed by atoms with E-state index < -0.39 is 0 Å². The Morgan fingerprint density at radius 3 is 2.31 bits per heavy atom. The van der Waals surface area contributed by atoms with Gasteiger partial charge in [-0.05, 0) is 25.7 Å². The lowest BCUT2D eigenvalue weighted by atomic mass is 9.87. The molecule has 0 aliphatic carbocycles. The standard InChI is InChI=1S/C12H22N2O2/c13-9-12(3-5-15-6-4-12)14-7-10-1-2-11(8-14)16-10/h10-11H,1-9,13H2. The summed E-state index contributed by atoms with van der Waals surface area (Å²) in [7, 11) is 0. The Hall–Kier alpha value is -0.160. The zero-order valence-electron chi connectivity index (χ0n) is 9.86. The van der Waals surface area contributed by atoms with Crippen LogP contribution in [0.5, 0.6) is 0 Å². The van der Waals surface area contributed by atoms with Crippen molar-refractivity contribution in [3.05, 3.63) is 0 Å². The average molecular weight is 226 g/mol. The highest BCUT2D eigenvalue weighted by Crippen LogP contribution is 2.34. The minimum Gasteiger partial charge on any atom is -0.381 e. The molecular formula is C12H22N2O2. The van der Waals surface area contributed by atoms with Crippen molar-refractivity contribution < 1.29 is 9.47 Å². The predicted molar refractivity (Wildman–Crippen MR) is 61.3 cm³/mol. The summed E-state index contributed by atoms with van der Waals surface area (Å²) >= 11 is 0. The van der Waals surface area contributed by atoms with Crippen LogP contribution >= 0.6 is 0 Å². The molecule has 16 heavy (non-hydrogen) atoms. The van der Waals surface area contributed by atoms with Crippen molar-refractivity contribution in [3.8, 4) is 0 Å². The van der Waals surface area contributed by atoms with Crippen LogP contribution in [0.3, 0.4) is 0 Å². The molecule has 2 atom stereocenters. The van der Waals surface area contributed by atoms with Gasteiger partial charge in [0.1, 0.15) is 0 Å². The molecule has 0 aromatic heterocycles. The van der Waals surface area contributed by atoms with Crippen molar-refractivity contribution in [3.63, 3.8) is 0 Å². The highest BCUT2D eigenvalue weighted by Gasteiger charge is 2.44. The second-order valence-electron chi connectivity index (χ2n) is 5.40.